The van der Waals surface area contributed by atoms with Crippen LogP contribution >= 0.6 is 36.2 Å². The largest absolute Gasteiger partial charge is 0.490 e. The van der Waals surface area contributed by atoms with Gasteiger partial charge >= 0.3 is 0 Å². The lowest BCUT2D eigenvalue weighted by Crippen LogP contribution is -2.44. The number of thiocarbonyl (C=S) groups is 1. The van der Waals surface area contributed by atoms with Gasteiger partial charge in [-0.25, -0.2) is 0 Å². The molecule has 0 aliphatic carbocycles. The van der Waals surface area contributed by atoms with Crippen LogP contribution in [0.3, 0.4) is 0 Å². The van der Waals surface area contributed by atoms with Crippen molar-refractivity contribution in [1.82, 2.24) is 4.90 Å². The van der Waals surface area contributed by atoms with Crippen molar-refractivity contribution in [2.75, 3.05) is 29.9 Å². The number of halogens is 2. The molecule has 0 unspecified atom stereocenters. The minimum atomic E-state index is -0.881. The van der Waals surface area contributed by atoms with E-state index in [0.29, 0.717) is 16.4 Å². The number of nitrogens with zero attached hydrogens (tertiary/aromatic N) is 4. The first-order chi connectivity index (χ1) is 15.2. The van der Waals surface area contributed by atoms with Gasteiger partial charge in [0.05, 0.1) is 16.3 Å². The first kappa shape index (κ1) is 25.3. The van der Waals surface area contributed by atoms with Gasteiger partial charge in [-0.1, -0.05) is 11.6 Å². The molecule has 0 atom stereocenters. The van der Waals surface area contributed by atoms with Crippen LogP contribution in [0.25, 0.3) is 0 Å². The van der Waals surface area contributed by atoms with Gasteiger partial charge in [-0.2, -0.15) is 5.26 Å². The fourth-order valence-corrected chi connectivity index (χ4v) is 4.90. The van der Waals surface area contributed by atoms with Crippen LogP contribution in [0.4, 0.5) is 11.4 Å². The molecule has 2 aliphatic rings. The van der Waals surface area contributed by atoms with E-state index in [1.807, 2.05) is 49.1 Å². The van der Waals surface area contributed by atoms with Crippen LogP contribution in [-0.2, 0) is 4.79 Å². The molecule has 2 aliphatic heterocycles. The lowest BCUT2D eigenvalue weighted by atomic mass is 10.0. The van der Waals surface area contributed by atoms with Crippen LogP contribution in [0.1, 0.15) is 32.3 Å². The summed E-state index contributed by atoms with van der Waals surface area (Å²) in [7, 11) is 2.13. The van der Waals surface area contributed by atoms with Gasteiger partial charge in [0.15, 0.2) is 5.11 Å². The third-order valence-electron chi connectivity index (χ3n) is 6.06. The summed E-state index contributed by atoms with van der Waals surface area (Å²) in [5.41, 5.74) is 0.825. The van der Waals surface area contributed by atoms with Gasteiger partial charge in [0.25, 0.3) is 5.91 Å². The van der Waals surface area contributed by atoms with Crippen molar-refractivity contribution in [2.24, 2.45) is 0 Å². The number of hydrogen-bond donors (Lipinski definition) is 0. The molecule has 2 fully saturated rings. The van der Waals surface area contributed by atoms with Gasteiger partial charge in [-0.05, 0) is 88.4 Å². The standard InChI is InChI=1S/C24H25ClN4O2S.ClH/c1-24(2)22(30)28(18-5-4-16(15-26)21(25)14-18)23(32)29(24)17-6-8-19(9-7-17)31-20-10-12-27(3)13-11-20;/h4-9,14,20H,10-13H2,1-3H3;1H. The van der Waals surface area contributed by atoms with Gasteiger partial charge in [0.2, 0.25) is 0 Å². The summed E-state index contributed by atoms with van der Waals surface area (Å²) in [6, 6.07) is 14.6. The van der Waals surface area contributed by atoms with Crippen LogP contribution in [-0.4, -0.2) is 47.7 Å². The maximum Gasteiger partial charge on any atom is 0.259 e. The molecule has 0 saturated carbocycles. The molecule has 1 amide bonds. The first-order valence-electron chi connectivity index (χ1n) is 10.6. The number of amides is 1. The molecule has 2 saturated heterocycles. The Morgan fingerprint density at radius 3 is 2.30 bits per heavy atom. The number of likely N-dealkylation sites (tertiary alicyclic amines) is 1. The minimum absolute atomic E-state index is 0. The van der Waals surface area contributed by atoms with E-state index in [1.165, 1.54) is 4.90 Å². The van der Waals surface area contributed by atoms with Gasteiger partial charge in [-0.3, -0.25) is 9.69 Å². The van der Waals surface area contributed by atoms with Gasteiger partial charge in [-0.15, -0.1) is 12.4 Å². The lowest BCUT2D eigenvalue weighted by Gasteiger charge is -2.31. The molecule has 0 N–H and O–H groups in total. The Morgan fingerprint density at radius 2 is 1.73 bits per heavy atom. The van der Waals surface area contributed by atoms with Gasteiger partial charge < -0.3 is 14.5 Å². The quantitative estimate of drug-likeness (QED) is 0.544. The average molecular weight is 505 g/mol. The molecule has 33 heavy (non-hydrogen) atoms. The summed E-state index contributed by atoms with van der Waals surface area (Å²) in [6.07, 6.45) is 2.25. The van der Waals surface area contributed by atoms with Crippen LogP contribution in [0.5, 0.6) is 5.75 Å². The zero-order chi connectivity index (χ0) is 23.0. The Bertz CT molecular complexity index is 1090. The highest BCUT2D eigenvalue weighted by molar-refractivity contribution is 7.81. The SMILES string of the molecule is CN1CCC(Oc2ccc(N3C(=S)N(c4ccc(C#N)c(Cl)c4)C(=O)C3(C)C)cc2)CC1.Cl. The van der Waals surface area contributed by atoms with Gasteiger partial charge in [0, 0.05) is 18.8 Å². The fourth-order valence-electron chi connectivity index (χ4n) is 4.16. The maximum atomic E-state index is 13.3. The molecule has 0 spiro atoms. The third-order valence-corrected chi connectivity index (χ3v) is 6.74. The smallest absolute Gasteiger partial charge is 0.259 e. The summed E-state index contributed by atoms with van der Waals surface area (Å²) >= 11 is 11.9. The zero-order valence-corrected chi connectivity index (χ0v) is 21.1. The summed E-state index contributed by atoms with van der Waals surface area (Å²) < 4.78 is 6.15. The number of rotatable bonds is 4. The highest BCUT2D eigenvalue weighted by Crippen LogP contribution is 2.38. The number of carbonyl (C=O) groups excluding carboxylic acids is 1. The zero-order valence-electron chi connectivity index (χ0n) is 18.7. The number of ether oxygens (including phenoxy) is 1. The number of benzene rings is 2. The van der Waals surface area contributed by atoms with E-state index in [0.717, 1.165) is 37.4 Å². The van der Waals surface area contributed by atoms with E-state index < -0.39 is 5.54 Å². The normalized spacial score (nSPS) is 18.8. The summed E-state index contributed by atoms with van der Waals surface area (Å²) in [5.74, 6) is 0.656. The highest BCUT2D eigenvalue weighted by Gasteiger charge is 2.50. The number of piperidine rings is 1. The molecule has 2 heterocycles. The van der Waals surface area contributed by atoms with Crippen molar-refractivity contribution in [2.45, 2.75) is 38.3 Å². The molecule has 9 heteroatoms. The summed E-state index contributed by atoms with van der Waals surface area (Å²) in [4.78, 5) is 18.9. The first-order valence-corrected chi connectivity index (χ1v) is 11.3. The molecule has 0 aromatic heterocycles. The average Bonchev–Trinajstić information content (AvgIpc) is 2.94. The van der Waals surface area contributed by atoms with Crippen molar-refractivity contribution >= 4 is 58.6 Å². The second-order valence-corrected chi connectivity index (χ2v) is 9.48. The van der Waals surface area contributed by atoms with E-state index in [2.05, 4.69) is 11.9 Å². The molecule has 174 valence electrons. The monoisotopic (exact) mass is 504 g/mol. The van der Waals surface area contributed by atoms with E-state index in [-0.39, 0.29) is 29.4 Å². The Hall–Kier alpha value is -2.37. The maximum absolute atomic E-state index is 13.3. The molecular formula is C24H26Cl2N4O2S. The predicted octanol–water partition coefficient (Wildman–Crippen LogP) is 5.02. The second-order valence-electron chi connectivity index (χ2n) is 8.71. The van der Waals surface area contributed by atoms with Crippen LogP contribution in [0, 0.1) is 11.3 Å². The third kappa shape index (κ3) is 4.80. The number of carbonyl (C=O) groups is 1. The van der Waals surface area contributed by atoms with E-state index in [9.17, 15) is 4.79 Å². The number of nitriles is 1. The second kappa shape index (κ2) is 9.86. The number of anilines is 2. The van der Waals surface area contributed by atoms with Crippen molar-refractivity contribution in [3.8, 4) is 11.8 Å². The fraction of sp³-hybridized carbons (Fsp3) is 0.375. The molecule has 2 aromatic rings. The minimum Gasteiger partial charge on any atom is -0.490 e. The molecular weight excluding hydrogens is 479 g/mol. The topological polar surface area (TPSA) is 59.8 Å². The molecule has 0 radical (unpaired) electrons. The Kier molecular flexibility index (Phi) is 7.55. The molecule has 4 rings (SSSR count). The summed E-state index contributed by atoms with van der Waals surface area (Å²) in [6.45, 7) is 5.76. The van der Waals surface area contributed by atoms with Crippen molar-refractivity contribution < 1.29 is 9.53 Å². The van der Waals surface area contributed by atoms with Crippen molar-refractivity contribution in [1.29, 1.82) is 5.26 Å². The molecule has 6 nitrogen and oxygen atoms in total. The molecule has 0 bridgehead atoms. The summed E-state index contributed by atoms with van der Waals surface area (Å²) in [5, 5.41) is 9.78. The Balaban J connectivity index is 0.00000306. The van der Waals surface area contributed by atoms with E-state index in [4.69, 9.17) is 33.8 Å². The van der Waals surface area contributed by atoms with Crippen molar-refractivity contribution in [3.05, 3.63) is 53.1 Å². The Morgan fingerprint density at radius 1 is 1.12 bits per heavy atom. The Labute approximate surface area is 211 Å². The van der Waals surface area contributed by atoms with Crippen LogP contribution < -0.4 is 14.5 Å². The number of hydrogen-bond acceptors (Lipinski definition) is 5. The van der Waals surface area contributed by atoms with Crippen LogP contribution in [0.15, 0.2) is 42.5 Å². The molecule has 2 aromatic carbocycles. The predicted molar refractivity (Wildman–Crippen MR) is 138 cm³/mol. The van der Waals surface area contributed by atoms with Crippen LogP contribution in [0.2, 0.25) is 5.02 Å². The van der Waals surface area contributed by atoms with Crippen molar-refractivity contribution in [3.63, 3.8) is 0 Å². The van der Waals surface area contributed by atoms with Gasteiger partial charge in [0.1, 0.15) is 23.5 Å². The lowest BCUT2D eigenvalue weighted by molar-refractivity contribution is -0.120. The van der Waals surface area contributed by atoms with E-state index >= 15 is 0 Å². The van der Waals surface area contributed by atoms with E-state index in [1.54, 1.807) is 18.2 Å². The highest BCUT2D eigenvalue weighted by atomic mass is 35.5.